The number of allylic oxidation sites excluding steroid dienone is 2. The molecule has 7 heteroatoms. The van der Waals surface area contributed by atoms with Crippen LogP contribution in [0.2, 0.25) is 0 Å². The molecule has 170 valence electrons. The number of carbonyl (C=O) groups is 2. The first-order chi connectivity index (χ1) is 15.7. The number of likely N-dealkylation sites (tertiary alicyclic amines) is 1. The molecule has 4 atom stereocenters. The van der Waals surface area contributed by atoms with Gasteiger partial charge in [-0.1, -0.05) is 30.4 Å². The van der Waals surface area contributed by atoms with E-state index < -0.39 is 0 Å². The van der Waals surface area contributed by atoms with Crippen molar-refractivity contribution in [3.8, 4) is 5.75 Å². The van der Waals surface area contributed by atoms with Gasteiger partial charge < -0.3 is 15.4 Å². The summed E-state index contributed by atoms with van der Waals surface area (Å²) in [7, 11) is 1.74. The molecule has 2 amide bonds. The second kappa shape index (κ2) is 8.96. The minimum atomic E-state index is -0.109. The van der Waals surface area contributed by atoms with Gasteiger partial charge in [-0.2, -0.15) is 0 Å². The summed E-state index contributed by atoms with van der Waals surface area (Å²) in [6, 6.07) is 8.10. The van der Waals surface area contributed by atoms with Gasteiger partial charge in [0, 0.05) is 32.2 Å². The largest absolute Gasteiger partial charge is 0.490 e. The number of imide groups is 1. The van der Waals surface area contributed by atoms with Crippen molar-refractivity contribution in [1.82, 2.24) is 15.5 Å². The Morgan fingerprint density at radius 2 is 1.81 bits per heavy atom. The quantitative estimate of drug-likeness (QED) is 0.215. The summed E-state index contributed by atoms with van der Waals surface area (Å²) in [6.07, 6.45) is 9.78. The molecule has 3 aliphatic carbocycles. The van der Waals surface area contributed by atoms with E-state index in [1.807, 2.05) is 18.2 Å². The lowest BCUT2D eigenvalue weighted by molar-refractivity contribution is -0.140. The Kier molecular flexibility index (Phi) is 5.89. The van der Waals surface area contributed by atoms with Crippen molar-refractivity contribution in [2.75, 3.05) is 20.1 Å². The molecule has 5 rings (SSSR count). The van der Waals surface area contributed by atoms with Crippen LogP contribution in [0.3, 0.4) is 0 Å². The lowest BCUT2D eigenvalue weighted by Gasteiger charge is -2.27. The number of rotatable bonds is 8. The predicted molar refractivity (Wildman–Crippen MR) is 122 cm³/mol. The van der Waals surface area contributed by atoms with Gasteiger partial charge in [0.25, 0.3) is 0 Å². The van der Waals surface area contributed by atoms with Gasteiger partial charge in [-0.3, -0.25) is 19.5 Å². The molecular formula is C25H32N4O3. The molecule has 1 saturated heterocycles. The van der Waals surface area contributed by atoms with Crippen molar-refractivity contribution in [3.63, 3.8) is 0 Å². The van der Waals surface area contributed by atoms with Gasteiger partial charge in [0.05, 0.1) is 17.9 Å². The molecule has 1 aliphatic heterocycles. The zero-order valence-corrected chi connectivity index (χ0v) is 18.6. The monoisotopic (exact) mass is 436 g/mol. The Bertz CT molecular complexity index is 909. The molecule has 0 spiro atoms. The molecule has 4 unspecified atom stereocenters. The lowest BCUT2D eigenvalue weighted by Crippen LogP contribution is -2.39. The minimum absolute atomic E-state index is 0.0300. The number of benzene rings is 1. The first-order valence-corrected chi connectivity index (χ1v) is 11.9. The first kappa shape index (κ1) is 21.0. The zero-order valence-electron chi connectivity index (χ0n) is 18.6. The van der Waals surface area contributed by atoms with Crippen LogP contribution in [0, 0.1) is 23.7 Å². The highest BCUT2D eigenvalue weighted by Gasteiger charge is 2.58. The fourth-order valence-electron chi connectivity index (χ4n) is 5.46. The number of nitrogens with one attached hydrogen (secondary N) is 2. The standard InChI is InChI=1S/C25H32N4O3/c1-26-25(28-15-18-6-2-3-9-20(18)32-19-7-4-8-19)27-12-5-13-29-23(30)21-16-10-11-17(14-16)22(21)24(29)31/h2-3,6,9-11,16-17,19,21-22H,4-5,7-8,12-15H2,1H3,(H2,26,27,28). The maximum Gasteiger partial charge on any atom is 0.233 e. The summed E-state index contributed by atoms with van der Waals surface area (Å²) < 4.78 is 6.10. The summed E-state index contributed by atoms with van der Waals surface area (Å²) in [5.74, 6) is 2.00. The highest BCUT2D eigenvalue weighted by molar-refractivity contribution is 6.06. The van der Waals surface area contributed by atoms with Crippen LogP contribution >= 0.6 is 0 Å². The maximum absolute atomic E-state index is 12.8. The number of hydrogen-bond acceptors (Lipinski definition) is 4. The van der Waals surface area contributed by atoms with Crippen LogP contribution < -0.4 is 15.4 Å². The van der Waals surface area contributed by atoms with Crippen molar-refractivity contribution in [3.05, 3.63) is 42.0 Å². The van der Waals surface area contributed by atoms with Gasteiger partial charge in [-0.15, -0.1) is 0 Å². The molecule has 0 aromatic heterocycles. The van der Waals surface area contributed by atoms with Crippen molar-refractivity contribution < 1.29 is 14.3 Å². The van der Waals surface area contributed by atoms with Gasteiger partial charge in [-0.25, -0.2) is 0 Å². The number of aliphatic imine (C=N–C) groups is 1. The Morgan fingerprint density at radius 3 is 2.47 bits per heavy atom. The minimum Gasteiger partial charge on any atom is -0.490 e. The zero-order chi connectivity index (χ0) is 22.1. The van der Waals surface area contributed by atoms with E-state index in [4.69, 9.17) is 4.74 Å². The third-order valence-corrected chi connectivity index (χ3v) is 7.40. The molecule has 1 heterocycles. The first-order valence-electron chi connectivity index (χ1n) is 11.9. The van der Waals surface area contributed by atoms with Gasteiger partial charge in [0.1, 0.15) is 5.75 Å². The number of hydrogen-bond donors (Lipinski definition) is 2. The van der Waals surface area contributed by atoms with Crippen LogP contribution in [-0.2, 0) is 16.1 Å². The molecule has 2 N–H and O–H groups in total. The van der Waals surface area contributed by atoms with Gasteiger partial charge in [0.2, 0.25) is 11.8 Å². The molecule has 1 aromatic rings. The van der Waals surface area contributed by atoms with Crippen LogP contribution in [0.15, 0.2) is 41.4 Å². The normalized spacial score (nSPS) is 28.8. The molecule has 2 bridgehead atoms. The summed E-state index contributed by atoms with van der Waals surface area (Å²) in [5, 5.41) is 6.63. The number of nitrogens with zero attached hydrogens (tertiary/aromatic N) is 2. The third kappa shape index (κ3) is 3.89. The lowest BCUT2D eigenvalue weighted by atomic mass is 9.85. The Labute approximate surface area is 189 Å². The van der Waals surface area contributed by atoms with Crippen molar-refractivity contribution >= 4 is 17.8 Å². The SMILES string of the molecule is CN=C(NCCCN1C(=O)C2C3C=CC(C3)C2C1=O)NCc1ccccc1OC1CCC1. The van der Waals surface area contributed by atoms with Crippen molar-refractivity contribution in [1.29, 1.82) is 0 Å². The molecule has 2 saturated carbocycles. The number of amides is 2. The summed E-state index contributed by atoms with van der Waals surface area (Å²) in [5.41, 5.74) is 1.10. The Morgan fingerprint density at radius 1 is 1.09 bits per heavy atom. The van der Waals surface area contributed by atoms with Crippen LogP contribution in [0.1, 0.15) is 37.7 Å². The number of carbonyl (C=O) groups excluding carboxylic acids is 2. The van der Waals surface area contributed by atoms with E-state index >= 15 is 0 Å². The van der Waals surface area contributed by atoms with Crippen LogP contribution in [0.4, 0.5) is 0 Å². The van der Waals surface area contributed by atoms with E-state index in [2.05, 4.69) is 33.8 Å². The summed E-state index contributed by atoms with van der Waals surface area (Å²) in [4.78, 5) is 31.3. The maximum atomic E-state index is 12.8. The number of ether oxygens (including phenoxy) is 1. The van der Waals surface area contributed by atoms with Crippen LogP contribution in [-0.4, -0.2) is 48.9 Å². The summed E-state index contributed by atoms with van der Waals surface area (Å²) in [6.45, 7) is 1.72. The molecular weight excluding hydrogens is 404 g/mol. The second-order valence-corrected chi connectivity index (χ2v) is 9.31. The topological polar surface area (TPSA) is 83.0 Å². The smallest absolute Gasteiger partial charge is 0.233 e. The van der Waals surface area contributed by atoms with E-state index in [1.165, 1.54) is 11.3 Å². The fourth-order valence-corrected chi connectivity index (χ4v) is 5.46. The highest BCUT2D eigenvalue weighted by Crippen LogP contribution is 2.52. The predicted octanol–water partition coefficient (Wildman–Crippen LogP) is 2.48. The Hall–Kier alpha value is -2.83. The van der Waals surface area contributed by atoms with E-state index in [-0.39, 0.29) is 35.5 Å². The fraction of sp³-hybridized carbons (Fsp3) is 0.560. The van der Waals surface area contributed by atoms with E-state index in [9.17, 15) is 9.59 Å². The Balaban J connectivity index is 1.07. The number of guanidine groups is 1. The number of fused-ring (bicyclic) bond motifs is 5. The van der Waals surface area contributed by atoms with Crippen molar-refractivity contribution in [2.45, 2.75) is 44.8 Å². The van der Waals surface area contributed by atoms with Gasteiger partial charge >= 0.3 is 0 Å². The summed E-state index contributed by atoms with van der Waals surface area (Å²) >= 11 is 0. The molecule has 3 fully saturated rings. The number of para-hydroxylation sites is 1. The van der Waals surface area contributed by atoms with Crippen LogP contribution in [0.5, 0.6) is 5.75 Å². The average Bonchev–Trinajstić information content (AvgIpc) is 3.46. The molecule has 32 heavy (non-hydrogen) atoms. The molecule has 4 aliphatic rings. The second-order valence-electron chi connectivity index (χ2n) is 9.31. The molecule has 7 nitrogen and oxygen atoms in total. The van der Waals surface area contributed by atoms with E-state index in [1.54, 1.807) is 7.05 Å². The molecule has 0 radical (unpaired) electrons. The highest BCUT2D eigenvalue weighted by atomic mass is 16.5. The average molecular weight is 437 g/mol. The van der Waals surface area contributed by atoms with Gasteiger partial charge in [0.15, 0.2) is 5.96 Å². The van der Waals surface area contributed by atoms with Crippen LogP contribution in [0.25, 0.3) is 0 Å². The van der Waals surface area contributed by atoms with E-state index in [0.717, 1.165) is 30.6 Å². The molecule has 1 aromatic carbocycles. The van der Waals surface area contributed by atoms with Gasteiger partial charge in [-0.05, 0) is 50.0 Å². The van der Waals surface area contributed by atoms with E-state index in [0.29, 0.717) is 38.1 Å². The third-order valence-electron chi connectivity index (χ3n) is 7.40. The van der Waals surface area contributed by atoms with Crippen molar-refractivity contribution in [2.24, 2.45) is 28.7 Å².